The number of aromatic nitrogens is 1. The third-order valence-corrected chi connectivity index (χ3v) is 3.26. The van der Waals surface area contributed by atoms with Crippen LogP contribution < -0.4 is 5.32 Å². The van der Waals surface area contributed by atoms with Crippen molar-refractivity contribution in [1.29, 1.82) is 0 Å². The van der Waals surface area contributed by atoms with Gasteiger partial charge in [0.1, 0.15) is 0 Å². The molecule has 0 spiro atoms. The summed E-state index contributed by atoms with van der Waals surface area (Å²) in [6, 6.07) is 6.30. The summed E-state index contributed by atoms with van der Waals surface area (Å²) in [6.45, 7) is 5.22. The lowest BCUT2D eigenvalue weighted by Gasteiger charge is -2.01. The molecule has 100 valence electrons. The summed E-state index contributed by atoms with van der Waals surface area (Å²) in [5.74, 6) is 1.56. The molecule has 1 N–H and O–H groups in total. The van der Waals surface area contributed by atoms with E-state index in [0.717, 1.165) is 36.8 Å². The third-order valence-electron chi connectivity index (χ3n) is 3.26. The molecule has 1 aromatic heterocycles. The molecule has 1 aliphatic heterocycles. The van der Waals surface area contributed by atoms with E-state index in [2.05, 4.69) is 35.4 Å². The van der Waals surface area contributed by atoms with Gasteiger partial charge >= 0.3 is 0 Å². The van der Waals surface area contributed by atoms with Crippen LogP contribution in [0, 0.1) is 0 Å². The van der Waals surface area contributed by atoms with E-state index < -0.39 is 0 Å². The van der Waals surface area contributed by atoms with Crippen molar-refractivity contribution in [3.8, 4) is 11.3 Å². The monoisotopic (exact) mass is 258 g/mol. The van der Waals surface area contributed by atoms with E-state index in [4.69, 9.17) is 9.15 Å². The molecule has 1 aliphatic rings. The molecule has 2 aromatic rings. The number of hydrogen-bond acceptors (Lipinski definition) is 4. The summed E-state index contributed by atoms with van der Waals surface area (Å²) >= 11 is 0. The van der Waals surface area contributed by atoms with Gasteiger partial charge in [-0.15, -0.1) is 0 Å². The lowest BCUT2D eigenvalue weighted by Crippen LogP contribution is -2.13. The van der Waals surface area contributed by atoms with Gasteiger partial charge in [-0.2, -0.15) is 0 Å². The molecule has 4 nitrogen and oxygen atoms in total. The predicted octanol–water partition coefficient (Wildman–Crippen LogP) is 2.87. The van der Waals surface area contributed by atoms with Crippen LogP contribution in [0.1, 0.15) is 30.4 Å². The molecule has 0 saturated carbocycles. The van der Waals surface area contributed by atoms with Crippen molar-refractivity contribution in [1.82, 2.24) is 10.3 Å². The van der Waals surface area contributed by atoms with Crippen molar-refractivity contribution >= 4 is 0 Å². The Morgan fingerprint density at radius 3 is 3.05 bits per heavy atom. The Morgan fingerprint density at radius 2 is 2.16 bits per heavy atom. The fourth-order valence-electron chi connectivity index (χ4n) is 2.22. The van der Waals surface area contributed by atoms with E-state index >= 15 is 0 Å². The standard InChI is InChI=1S/C15H18N2O2/c1-2-5-16-8-15-17-7-14(19-15)11-3-4-12-9-18-10-13(12)6-11/h3-4,6-7,16H,2,5,8-10H2,1H3. The predicted molar refractivity (Wildman–Crippen MR) is 72.4 cm³/mol. The zero-order valence-corrected chi connectivity index (χ0v) is 11.1. The van der Waals surface area contributed by atoms with Gasteiger partial charge in [-0.25, -0.2) is 4.98 Å². The summed E-state index contributed by atoms with van der Waals surface area (Å²) in [5.41, 5.74) is 3.59. The van der Waals surface area contributed by atoms with Gasteiger partial charge in [0, 0.05) is 5.56 Å². The number of oxazole rings is 1. The lowest BCUT2D eigenvalue weighted by atomic mass is 10.1. The SMILES string of the molecule is CCCNCc1ncc(-c2ccc3c(c2)COC3)o1. The first kappa shape index (κ1) is 12.4. The van der Waals surface area contributed by atoms with Crippen LogP contribution in [0.2, 0.25) is 0 Å². The second kappa shape index (κ2) is 5.55. The summed E-state index contributed by atoms with van der Waals surface area (Å²) in [7, 11) is 0. The fourth-order valence-corrected chi connectivity index (χ4v) is 2.22. The Labute approximate surface area is 112 Å². The minimum Gasteiger partial charge on any atom is -0.439 e. The molecule has 3 rings (SSSR count). The molecular weight excluding hydrogens is 240 g/mol. The quantitative estimate of drug-likeness (QED) is 0.838. The van der Waals surface area contributed by atoms with Crippen LogP contribution in [-0.2, 0) is 24.5 Å². The Kier molecular flexibility index (Phi) is 3.62. The van der Waals surface area contributed by atoms with Crippen molar-refractivity contribution in [3.63, 3.8) is 0 Å². The average molecular weight is 258 g/mol. The Balaban J connectivity index is 1.75. The third kappa shape index (κ3) is 2.69. The molecular formula is C15H18N2O2. The van der Waals surface area contributed by atoms with Crippen molar-refractivity contribution in [3.05, 3.63) is 41.4 Å². The molecule has 0 unspecified atom stereocenters. The van der Waals surface area contributed by atoms with E-state index in [-0.39, 0.29) is 0 Å². The average Bonchev–Trinajstić information content (AvgIpc) is 3.06. The van der Waals surface area contributed by atoms with Gasteiger partial charge < -0.3 is 14.5 Å². The molecule has 0 atom stereocenters. The Bertz CT molecular complexity index is 563. The summed E-state index contributed by atoms with van der Waals surface area (Å²) < 4.78 is 11.2. The van der Waals surface area contributed by atoms with E-state index in [0.29, 0.717) is 13.2 Å². The van der Waals surface area contributed by atoms with E-state index in [9.17, 15) is 0 Å². The number of rotatable bonds is 5. The maximum Gasteiger partial charge on any atom is 0.208 e. The summed E-state index contributed by atoms with van der Waals surface area (Å²) in [6.07, 6.45) is 2.90. The highest BCUT2D eigenvalue weighted by Crippen LogP contribution is 2.27. The first-order valence-corrected chi connectivity index (χ1v) is 6.72. The topological polar surface area (TPSA) is 47.3 Å². The zero-order chi connectivity index (χ0) is 13.1. The number of hydrogen-bond donors (Lipinski definition) is 1. The van der Waals surface area contributed by atoms with Gasteiger partial charge in [-0.05, 0) is 30.2 Å². The van der Waals surface area contributed by atoms with Crippen LogP contribution in [0.25, 0.3) is 11.3 Å². The fraction of sp³-hybridized carbons (Fsp3) is 0.400. The molecule has 0 bridgehead atoms. The maximum absolute atomic E-state index is 5.76. The van der Waals surface area contributed by atoms with E-state index in [1.165, 1.54) is 11.1 Å². The molecule has 19 heavy (non-hydrogen) atoms. The minimum atomic E-state index is 0.682. The van der Waals surface area contributed by atoms with Crippen LogP contribution >= 0.6 is 0 Å². The van der Waals surface area contributed by atoms with Gasteiger partial charge in [0.15, 0.2) is 5.76 Å². The molecule has 2 heterocycles. The van der Waals surface area contributed by atoms with Crippen LogP contribution in [0.3, 0.4) is 0 Å². The minimum absolute atomic E-state index is 0.682. The number of fused-ring (bicyclic) bond motifs is 1. The first-order chi connectivity index (χ1) is 9.36. The van der Waals surface area contributed by atoms with Gasteiger partial charge in [0.2, 0.25) is 5.89 Å². The van der Waals surface area contributed by atoms with Gasteiger partial charge in [0.25, 0.3) is 0 Å². The molecule has 0 fully saturated rings. The highest BCUT2D eigenvalue weighted by molar-refractivity contribution is 5.59. The van der Waals surface area contributed by atoms with Crippen molar-refractivity contribution in [2.24, 2.45) is 0 Å². The maximum atomic E-state index is 5.76. The van der Waals surface area contributed by atoms with Gasteiger partial charge in [-0.3, -0.25) is 0 Å². The highest BCUT2D eigenvalue weighted by Gasteiger charge is 2.13. The number of nitrogens with one attached hydrogen (secondary N) is 1. The Hall–Kier alpha value is -1.65. The van der Waals surface area contributed by atoms with Crippen molar-refractivity contribution in [2.75, 3.05) is 6.54 Å². The van der Waals surface area contributed by atoms with Crippen molar-refractivity contribution in [2.45, 2.75) is 33.1 Å². The molecule has 0 saturated heterocycles. The Morgan fingerprint density at radius 1 is 1.26 bits per heavy atom. The smallest absolute Gasteiger partial charge is 0.208 e. The van der Waals surface area contributed by atoms with Crippen LogP contribution in [0.4, 0.5) is 0 Å². The van der Waals surface area contributed by atoms with Crippen LogP contribution in [0.15, 0.2) is 28.8 Å². The first-order valence-electron chi connectivity index (χ1n) is 6.72. The zero-order valence-electron chi connectivity index (χ0n) is 11.1. The molecule has 0 aliphatic carbocycles. The van der Waals surface area contributed by atoms with Crippen molar-refractivity contribution < 1.29 is 9.15 Å². The molecule has 4 heteroatoms. The second-order valence-corrected chi connectivity index (χ2v) is 4.77. The number of ether oxygens (including phenoxy) is 1. The summed E-state index contributed by atoms with van der Waals surface area (Å²) in [4.78, 5) is 4.30. The number of benzene rings is 1. The number of nitrogens with zero attached hydrogens (tertiary/aromatic N) is 1. The second-order valence-electron chi connectivity index (χ2n) is 4.77. The molecule has 1 aromatic carbocycles. The van der Waals surface area contributed by atoms with Crippen LogP contribution in [0.5, 0.6) is 0 Å². The van der Waals surface area contributed by atoms with Crippen LogP contribution in [-0.4, -0.2) is 11.5 Å². The lowest BCUT2D eigenvalue weighted by molar-refractivity contribution is 0.134. The van der Waals surface area contributed by atoms with E-state index in [1.54, 1.807) is 6.20 Å². The van der Waals surface area contributed by atoms with E-state index in [1.807, 2.05) is 0 Å². The highest BCUT2D eigenvalue weighted by atomic mass is 16.5. The normalized spacial score (nSPS) is 13.7. The molecule has 0 radical (unpaired) electrons. The van der Waals surface area contributed by atoms with Gasteiger partial charge in [-0.1, -0.05) is 19.1 Å². The largest absolute Gasteiger partial charge is 0.439 e. The molecule has 0 amide bonds. The van der Waals surface area contributed by atoms with Gasteiger partial charge in [0.05, 0.1) is 26.0 Å². The summed E-state index contributed by atoms with van der Waals surface area (Å²) in [5, 5.41) is 3.28.